The second-order valence-electron chi connectivity index (χ2n) is 14.8. The van der Waals surface area contributed by atoms with Crippen LogP contribution in [-0.4, -0.2) is 68.9 Å². The van der Waals surface area contributed by atoms with Crippen LogP contribution in [0.15, 0.2) is 36.5 Å². The summed E-state index contributed by atoms with van der Waals surface area (Å²) < 4.78 is 5.75. The van der Waals surface area contributed by atoms with Crippen LogP contribution in [0.25, 0.3) is 0 Å². The van der Waals surface area contributed by atoms with Crippen molar-refractivity contribution in [3.8, 4) is 0 Å². The summed E-state index contributed by atoms with van der Waals surface area (Å²) in [6, 6.07) is 9.18. The van der Waals surface area contributed by atoms with E-state index in [2.05, 4.69) is 15.6 Å². The fourth-order valence-electron chi connectivity index (χ4n) is 7.56. The first-order valence-corrected chi connectivity index (χ1v) is 15.7. The number of fused-ring (bicyclic) bond motifs is 5. The van der Waals surface area contributed by atoms with Crippen molar-refractivity contribution in [3.63, 3.8) is 0 Å². The maximum Gasteiger partial charge on any atom is 0.410 e. The minimum absolute atomic E-state index is 0.0496. The molecule has 234 valence electrons. The molecule has 0 radical (unpaired) electrons. The van der Waals surface area contributed by atoms with Gasteiger partial charge in [0.05, 0.1) is 17.5 Å². The van der Waals surface area contributed by atoms with Gasteiger partial charge in [-0.2, -0.15) is 0 Å². The first kappa shape index (κ1) is 30.1. The SMILES string of the molecule is CC(C)(C)OC(=O)N1C2CCC(N(CC(=O)Nc3ccc4c(c3)C[C@@]3(C4)C(=O)Nc4ncccc43)C(=O)C(C)(C)C)C1CC2. The van der Waals surface area contributed by atoms with E-state index in [9.17, 15) is 19.2 Å². The van der Waals surface area contributed by atoms with Crippen molar-refractivity contribution in [2.24, 2.45) is 5.41 Å². The molecule has 44 heavy (non-hydrogen) atoms. The quantitative estimate of drug-likeness (QED) is 0.519. The van der Waals surface area contributed by atoms with Crippen LogP contribution < -0.4 is 10.6 Å². The number of nitrogens with one attached hydrogen (secondary N) is 2. The number of amides is 4. The molecule has 2 aromatic rings. The van der Waals surface area contributed by atoms with Crippen LogP contribution in [0.2, 0.25) is 0 Å². The summed E-state index contributed by atoms with van der Waals surface area (Å²) in [6.07, 6.45) is 5.53. The Labute approximate surface area is 258 Å². The van der Waals surface area contributed by atoms with E-state index in [1.165, 1.54) is 0 Å². The molecule has 10 heteroatoms. The predicted octanol–water partition coefficient (Wildman–Crippen LogP) is 4.81. The number of benzene rings is 1. The summed E-state index contributed by atoms with van der Waals surface area (Å²) in [5.74, 6) is 0.144. The average molecular weight is 602 g/mol. The Morgan fingerprint density at radius 3 is 2.50 bits per heavy atom. The number of carbonyl (C=O) groups excluding carboxylic acids is 4. The summed E-state index contributed by atoms with van der Waals surface area (Å²) >= 11 is 0. The van der Waals surface area contributed by atoms with Gasteiger partial charge in [0.1, 0.15) is 18.0 Å². The third kappa shape index (κ3) is 5.32. The highest BCUT2D eigenvalue weighted by Gasteiger charge is 2.52. The lowest BCUT2D eigenvalue weighted by Gasteiger charge is -2.46. The number of rotatable bonds is 4. The summed E-state index contributed by atoms with van der Waals surface area (Å²) in [5, 5.41) is 5.94. The molecule has 2 fully saturated rings. The fraction of sp³-hybridized carbons (Fsp3) is 0.559. The van der Waals surface area contributed by atoms with Gasteiger partial charge in [-0.3, -0.25) is 14.4 Å². The summed E-state index contributed by atoms with van der Waals surface area (Å²) in [6.45, 7) is 11.0. The number of anilines is 2. The van der Waals surface area contributed by atoms with Gasteiger partial charge in [-0.05, 0) is 88.6 Å². The van der Waals surface area contributed by atoms with E-state index in [1.54, 1.807) is 11.1 Å². The highest BCUT2D eigenvalue weighted by molar-refractivity contribution is 6.06. The van der Waals surface area contributed by atoms with E-state index in [0.29, 0.717) is 24.3 Å². The molecule has 10 nitrogen and oxygen atoms in total. The molecule has 1 aromatic carbocycles. The molecular weight excluding hydrogens is 558 g/mol. The molecule has 3 unspecified atom stereocenters. The molecule has 6 rings (SSSR count). The van der Waals surface area contributed by atoms with Gasteiger partial charge in [0.2, 0.25) is 17.7 Å². The molecule has 2 N–H and O–H groups in total. The van der Waals surface area contributed by atoms with Crippen LogP contribution in [0.3, 0.4) is 0 Å². The lowest BCUT2D eigenvalue weighted by molar-refractivity contribution is -0.147. The van der Waals surface area contributed by atoms with Crippen molar-refractivity contribution in [3.05, 3.63) is 53.2 Å². The third-order valence-corrected chi connectivity index (χ3v) is 9.47. The minimum atomic E-state index is -0.707. The fourth-order valence-corrected chi connectivity index (χ4v) is 7.56. The van der Waals surface area contributed by atoms with E-state index < -0.39 is 16.4 Å². The number of carbonyl (C=O) groups is 4. The molecule has 3 aliphatic heterocycles. The molecule has 4 amide bonds. The zero-order chi connectivity index (χ0) is 31.6. The molecule has 1 spiro atoms. The molecule has 4 atom stereocenters. The van der Waals surface area contributed by atoms with E-state index in [-0.39, 0.29) is 48.5 Å². The molecule has 1 aromatic heterocycles. The van der Waals surface area contributed by atoms with E-state index in [0.717, 1.165) is 42.4 Å². The number of aromatic nitrogens is 1. The molecule has 2 saturated heterocycles. The van der Waals surface area contributed by atoms with Gasteiger partial charge in [-0.1, -0.05) is 32.9 Å². The average Bonchev–Trinajstić information content (AvgIpc) is 3.56. The number of piperidine rings is 1. The Bertz CT molecular complexity index is 1520. The second kappa shape index (κ2) is 10.6. The Morgan fingerprint density at radius 2 is 1.77 bits per heavy atom. The lowest BCUT2D eigenvalue weighted by Crippen LogP contribution is -2.60. The van der Waals surface area contributed by atoms with Crippen LogP contribution in [0.5, 0.6) is 0 Å². The molecule has 2 bridgehead atoms. The smallest absolute Gasteiger partial charge is 0.410 e. The van der Waals surface area contributed by atoms with Crippen molar-refractivity contribution in [1.29, 1.82) is 0 Å². The van der Waals surface area contributed by atoms with Crippen molar-refractivity contribution in [2.75, 3.05) is 17.2 Å². The van der Waals surface area contributed by atoms with Crippen LogP contribution >= 0.6 is 0 Å². The number of hydrogen-bond donors (Lipinski definition) is 2. The van der Waals surface area contributed by atoms with Crippen molar-refractivity contribution < 1.29 is 23.9 Å². The first-order chi connectivity index (χ1) is 20.7. The zero-order valence-electron chi connectivity index (χ0n) is 26.5. The van der Waals surface area contributed by atoms with Gasteiger partial charge in [-0.25, -0.2) is 9.78 Å². The third-order valence-electron chi connectivity index (χ3n) is 9.47. The molecule has 4 heterocycles. The molecule has 1 aliphatic carbocycles. The van der Waals surface area contributed by atoms with Crippen LogP contribution in [-0.2, 0) is 37.4 Å². The van der Waals surface area contributed by atoms with Crippen molar-refractivity contribution in [1.82, 2.24) is 14.8 Å². The summed E-state index contributed by atoms with van der Waals surface area (Å²) in [7, 11) is 0. The van der Waals surface area contributed by atoms with Crippen LogP contribution in [0.1, 0.15) is 83.9 Å². The molecule has 4 aliphatic rings. The van der Waals surface area contributed by atoms with Gasteiger partial charge in [-0.15, -0.1) is 0 Å². The topological polar surface area (TPSA) is 121 Å². The van der Waals surface area contributed by atoms with Crippen LogP contribution in [0, 0.1) is 5.41 Å². The Morgan fingerprint density at radius 1 is 1.05 bits per heavy atom. The normalized spacial score (nSPS) is 25.4. The van der Waals surface area contributed by atoms with Gasteiger partial charge >= 0.3 is 6.09 Å². The number of nitrogens with zero attached hydrogens (tertiary/aromatic N) is 3. The van der Waals surface area contributed by atoms with Gasteiger partial charge in [0.15, 0.2) is 0 Å². The first-order valence-electron chi connectivity index (χ1n) is 15.7. The predicted molar refractivity (Wildman–Crippen MR) is 166 cm³/mol. The summed E-state index contributed by atoms with van der Waals surface area (Å²) in [4.78, 5) is 61.6. The standard InChI is InChI=1S/C34H43N5O5/c1-32(2,3)30(42)38(25-13-11-23-12-14-26(25)39(23)31(43)44-33(4,5)6)19-27(40)36-22-10-9-20-17-34(18-21(20)16-22)24-8-7-15-35-28(24)37-29(34)41/h7-10,15-16,23,25-26H,11-14,17-19H2,1-6H3,(H,36,40)(H,35,37,41)/t23?,25?,26?,34-/m1/s1. The van der Waals surface area contributed by atoms with Crippen molar-refractivity contribution in [2.45, 2.75) is 109 Å². The van der Waals surface area contributed by atoms with E-state index >= 15 is 0 Å². The van der Waals surface area contributed by atoms with Gasteiger partial charge in [0.25, 0.3) is 0 Å². The van der Waals surface area contributed by atoms with E-state index in [1.807, 2.05) is 76.8 Å². The largest absolute Gasteiger partial charge is 0.444 e. The second-order valence-corrected chi connectivity index (χ2v) is 14.8. The summed E-state index contributed by atoms with van der Waals surface area (Å²) in [5.41, 5.74) is 1.59. The zero-order valence-corrected chi connectivity index (χ0v) is 26.5. The van der Waals surface area contributed by atoms with E-state index in [4.69, 9.17) is 4.74 Å². The highest BCUT2D eigenvalue weighted by atomic mass is 16.6. The van der Waals surface area contributed by atoms with Crippen LogP contribution in [0.4, 0.5) is 16.3 Å². The number of hydrogen-bond acceptors (Lipinski definition) is 6. The minimum Gasteiger partial charge on any atom is -0.444 e. The maximum absolute atomic E-state index is 13.8. The number of ether oxygens (including phenoxy) is 1. The number of pyridine rings is 1. The molecular formula is C34H43N5O5. The van der Waals surface area contributed by atoms with Gasteiger partial charge in [0, 0.05) is 28.9 Å². The monoisotopic (exact) mass is 601 g/mol. The Balaban J connectivity index is 1.20. The Kier molecular flexibility index (Phi) is 7.25. The van der Waals surface area contributed by atoms with Crippen molar-refractivity contribution >= 4 is 35.3 Å². The maximum atomic E-state index is 13.8. The molecule has 0 saturated carbocycles. The Hall–Kier alpha value is -3.95. The van der Waals surface area contributed by atoms with Gasteiger partial charge < -0.3 is 25.2 Å². The highest BCUT2D eigenvalue weighted by Crippen LogP contribution is 2.47. The lowest BCUT2D eigenvalue weighted by atomic mass is 9.79.